The molecule has 2 heterocycles. The van der Waals surface area contributed by atoms with Crippen molar-refractivity contribution in [3.05, 3.63) is 46.5 Å². The van der Waals surface area contributed by atoms with Crippen LogP contribution in [0.2, 0.25) is 0 Å². The molecule has 0 spiro atoms. The van der Waals surface area contributed by atoms with Gasteiger partial charge in [0.1, 0.15) is 5.82 Å². The Morgan fingerprint density at radius 1 is 1.32 bits per heavy atom. The summed E-state index contributed by atoms with van der Waals surface area (Å²) in [4.78, 5) is 2.15. The zero-order valence-corrected chi connectivity index (χ0v) is 16.3. The zero-order chi connectivity index (χ0) is 18.0. The summed E-state index contributed by atoms with van der Waals surface area (Å²) in [5.41, 5.74) is 1.24. The fourth-order valence-electron chi connectivity index (χ4n) is 3.27. The van der Waals surface area contributed by atoms with E-state index in [1.165, 1.54) is 5.56 Å². The maximum absolute atomic E-state index is 11.6. The van der Waals surface area contributed by atoms with Crippen LogP contribution in [0.4, 0.5) is 0 Å². The smallest absolute Gasteiger partial charge is 0.198 e. The Morgan fingerprint density at radius 2 is 2.04 bits per heavy atom. The molecule has 0 radical (unpaired) electrons. The second-order valence-corrected chi connectivity index (χ2v) is 9.47. The standard InChI is InChI=1S/C17H24N4O2S2/c1-19(11-14-6-4-3-5-7-14)13-21-17(24)20(2)16(18-21)10-15-8-9-25(22,23)12-15/h3-7,15H,8-13H2,1-2H3/t15-/m1/s1. The average molecular weight is 381 g/mol. The number of hydrogen-bond acceptors (Lipinski definition) is 5. The van der Waals surface area contributed by atoms with Crippen molar-refractivity contribution in [2.45, 2.75) is 26.1 Å². The molecule has 0 N–H and O–H groups in total. The Hall–Kier alpha value is -1.51. The number of hydrogen-bond donors (Lipinski definition) is 0. The van der Waals surface area contributed by atoms with Crippen molar-refractivity contribution in [1.29, 1.82) is 0 Å². The van der Waals surface area contributed by atoms with E-state index < -0.39 is 9.84 Å². The molecule has 1 aliphatic heterocycles. The van der Waals surface area contributed by atoms with E-state index in [2.05, 4.69) is 22.1 Å². The van der Waals surface area contributed by atoms with E-state index in [1.54, 1.807) is 0 Å². The molecule has 0 saturated carbocycles. The van der Waals surface area contributed by atoms with Crippen LogP contribution in [0.25, 0.3) is 0 Å². The van der Waals surface area contributed by atoms with Gasteiger partial charge in [-0.1, -0.05) is 30.3 Å². The lowest BCUT2D eigenvalue weighted by Crippen LogP contribution is -2.22. The topological polar surface area (TPSA) is 60.1 Å². The van der Waals surface area contributed by atoms with Crippen LogP contribution in [0.5, 0.6) is 0 Å². The van der Waals surface area contributed by atoms with Crippen LogP contribution in [0, 0.1) is 10.7 Å². The highest BCUT2D eigenvalue weighted by Gasteiger charge is 2.29. The molecule has 1 aromatic carbocycles. The average Bonchev–Trinajstić information content (AvgIpc) is 3.03. The van der Waals surface area contributed by atoms with Gasteiger partial charge < -0.3 is 4.57 Å². The van der Waals surface area contributed by atoms with Crippen LogP contribution in [0.1, 0.15) is 17.8 Å². The molecule has 136 valence electrons. The monoisotopic (exact) mass is 380 g/mol. The minimum Gasteiger partial charge on any atom is -0.307 e. The lowest BCUT2D eigenvalue weighted by Gasteiger charge is -2.16. The molecule has 1 aliphatic rings. The molecule has 0 aliphatic carbocycles. The predicted molar refractivity (Wildman–Crippen MR) is 100 cm³/mol. The second kappa shape index (κ2) is 7.39. The first-order valence-electron chi connectivity index (χ1n) is 8.39. The Morgan fingerprint density at radius 3 is 2.68 bits per heavy atom. The quantitative estimate of drug-likeness (QED) is 0.718. The van der Waals surface area contributed by atoms with Gasteiger partial charge in [0.15, 0.2) is 14.6 Å². The molecular weight excluding hydrogens is 356 g/mol. The van der Waals surface area contributed by atoms with Gasteiger partial charge in [-0.05, 0) is 37.2 Å². The van der Waals surface area contributed by atoms with Crippen molar-refractivity contribution in [1.82, 2.24) is 19.2 Å². The van der Waals surface area contributed by atoms with Crippen LogP contribution in [0.15, 0.2) is 30.3 Å². The second-order valence-electron chi connectivity index (χ2n) is 6.87. The van der Waals surface area contributed by atoms with E-state index in [0.717, 1.165) is 18.8 Å². The highest BCUT2D eigenvalue weighted by Crippen LogP contribution is 2.22. The van der Waals surface area contributed by atoms with Crippen molar-refractivity contribution >= 4 is 22.1 Å². The number of benzene rings is 1. The van der Waals surface area contributed by atoms with Gasteiger partial charge in [-0.2, -0.15) is 5.10 Å². The third kappa shape index (κ3) is 4.56. The fraction of sp³-hybridized carbons (Fsp3) is 0.529. The van der Waals surface area contributed by atoms with Crippen LogP contribution >= 0.6 is 12.2 Å². The van der Waals surface area contributed by atoms with Crippen LogP contribution in [0.3, 0.4) is 0 Å². The molecule has 6 nitrogen and oxygen atoms in total. The Bertz CT molecular complexity index is 887. The molecule has 1 fully saturated rings. The molecule has 0 amide bonds. The minimum atomic E-state index is -2.86. The van der Waals surface area contributed by atoms with Gasteiger partial charge in [0, 0.05) is 20.0 Å². The highest BCUT2D eigenvalue weighted by molar-refractivity contribution is 7.91. The SMILES string of the molecule is CN(Cc1ccccc1)Cn1nc(C[C@H]2CCS(=O)(=O)C2)n(C)c1=S. The molecule has 0 bridgehead atoms. The third-order valence-electron chi connectivity index (χ3n) is 4.60. The van der Waals surface area contributed by atoms with Crippen LogP contribution < -0.4 is 0 Å². The summed E-state index contributed by atoms with van der Waals surface area (Å²) in [7, 11) is 1.08. The van der Waals surface area contributed by atoms with Gasteiger partial charge in [-0.3, -0.25) is 4.90 Å². The normalized spacial score (nSPS) is 19.6. The molecule has 3 rings (SSSR count). The molecule has 2 aromatic rings. The van der Waals surface area contributed by atoms with E-state index in [-0.39, 0.29) is 11.7 Å². The lowest BCUT2D eigenvalue weighted by molar-refractivity contribution is 0.243. The maximum Gasteiger partial charge on any atom is 0.198 e. The zero-order valence-electron chi connectivity index (χ0n) is 14.6. The summed E-state index contributed by atoms with van der Waals surface area (Å²) in [5.74, 6) is 1.57. The first-order valence-corrected chi connectivity index (χ1v) is 10.6. The Kier molecular flexibility index (Phi) is 5.41. The minimum absolute atomic E-state index is 0.149. The molecule has 1 saturated heterocycles. The van der Waals surface area contributed by atoms with Gasteiger partial charge in [-0.15, -0.1) is 0 Å². The summed E-state index contributed by atoms with van der Waals surface area (Å²) < 4.78 is 27.7. The van der Waals surface area contributed by atoms with E-state index >= 15 is 0 Å². The van der Waals surface area contributed by atoms with Gasteiger partial charge in [0.2, 0.25) is 0 Å². The number of rotatable bonds is 6. The van der Waals surface area contributed by atoms with E-state index in [1.807, 2.05) is 41.5 Å². The van der Waals surface area contributed by atoms with Gasteiger partial charge in [-0.25, -0.2) is 13.1 Å². The van der Waals surface area contributed by atoms with Crippen molar-refractivity contribution in [2.75, 3.05) is 18.6 Å². The number of sulfone groups is 1. The third-order valence-corrected chi connectivity index (χ3v) is 6.92. The Labute approximate surface area is 154 Å². The number of nitrogens with zero attached hydrogens (tertiary/aromatic N) is 4. The summed E-state index contributed by atoms with van der Waals surface area (Å²) in [5, 5.41) is 4.64. The molecule has 1 atom stereocenters. The molecular formula is C17H24N4O2S2. The van der Waals surface area contributed by atoms with E-state index in [9.17, 15) is 8.42 Å². The summed E-state index contributed by atoms with van der Waals surface area (Å²) in [6, 6.07) is 10.3. The predicted octanol–water partition coefficient (Wildman–Crippen LogP) is 2.02. The molecule has 0 unspecified atom stereocenters. The van der Waals surface area contributed by atoms with Gasteiger partial charge in [0.05, 0.1) is 18.2 Å². The fourth-order valence-corrected chi connectivity index (χ4v) is 5.33. The van der Waals surface area contributed by atoms with Gasteiger partial charge >= 0.3 is 0 Å². The van der Waals surface area contributed by atoms with Crippen molar-refractivity contribution in [2.24, 2.45) is 13.0 Å². The maximum atomic E-state index is 11.6. The van der Waals surface area contributed by atoms with Crippen LogP contribution in [-0.2, 0) is 36.5 Å². The lowest BCUT2D eigenvalue weighted by atomic mass is 10.1. The van der Waals surface area contributed by atoms with E-state index in [4.69, 9.17) is 12.2 Å². The largest absolute Gasteiger partial charge is 0.307 e. The molecule has 1 aromatic heterocycles. The number of aromatic nitrogens is 3. The first-order chi connectivity index (χ1) is 11.8. The van der Waals surface area contributed by atoms with E-state index in [0.29, 0.717) is 23.6 Å². The molecule has 25 heavy (non-hydrogen) atoms. The first kappa shape index (κ1) is 18.3. The van der Waals surface area contributed by atoms with Crippen molar-refractivity contribution in [3.8, 4) is 0 Å². The summed E-state index contributed by atoms with van der Waals surface area (Å²) in [6.45, 7) is 1.42. The van der Waals surface area contributed by atoms with Crippen molar-refractivity contribution in [3.63, 3.8) is 0 Å². The molecule has 8 heteroatoms. The van der Waals surface area contributed by atoms with Crippen LogP contribution in [-0.4, -0.2) is 46.2 Å². The summed E-state index contributed by atoms with van der Waals surface area (Å²) >= 11 is 5.50. The Balaban J connectivity index is 1.67. The van der Waals surface area contributed by atoms with Gasteiger partial charge in [0.25, 0.3) is 0 Å². The van der Waals surface area contributed by atoms with Crippen molar-refractivity contribution < 1.29 is 8.42 Å². The highest BCUT2D eigenvalue weighted by atomic mass is 32.2. The summed E-state index contributed by atoms with van der Waals surface area (Å²) in [6.07, 6.45) is 1.38.